The van der Waals surface area contributed by atoms with Gasteiger partial charge in [-0.25, -0.2) is 4.39 Å². The van der Waals surface area contributed by atoms with Crippen molar-refractivity contribution >= 4 is 11.6 Å². The zero-order valence-electron chi connectivity index (χ0n) is 10.6. The fourth-order valence-electron chi connectivity index (χ4n) is 2.06. The first-order chi connectivity index (χ1) is 8.97. The van der Waals surface area contributed by atoms with Crippen molar-refractivity contribution in [1.29, 1.82) is 0 Å². The SMILES string of the molecule is CC(CC1CC1)NC(=O)c1cc(F)ccc1[N+](=O)[O-]. The standard InChI is InChI=1S/C13H15FN2O3/c1-8(6-9-2-3-9)15-13(17)11-7-10(14)4-5-12(11)16(18)19/h4-5,7-9H,2-3,6H2,1H3,(H,15,17). The molecule has 102 valence electrons. The third-order valence-electron chi connectivity index (χ3n) is 3.16. The highest BCUT2D eigenvalue weighted by Crippen LogP contribution is 2.33. The van der Waals surface area contributed by atoms with Crippen LogP contribution in [-0.4, -0.2) is 16.9 Å². The lowest BCUT2D eigenvalue weighted by Gasteiger charge is -2.13. The van der Waals surface area contributed by atoms with E-state index in [4.69, 9.17) is 0 Å². The number of hydrogen-bond donors (Lipinski definition) is 1. The van der Waals surface area contributed by atoms with Crippen molar-refractivity contribution in [2.75, 3.05) is 0 Å². The van der Waals surface area contributed by atoms with Crippen LogP contribution in [0.3, 0.4) is 0 Å². The van der Waals surface area contributed by atoms with Crippen LogP contribution in [-0.2, 0) is 0 Å². The predicted molar refractivity (Wildman–Crippen MR) is 67.3 cm³/mol. The molecule has 1 aliphatic rings. The van der Waals surface area contributed by atoms with Crippen LogP contribution >= 0.6 is 0 Å². The summed E-state index contributed by atoms with van der Waals surface area (Å²) in [6, 6.07) is 2.82. The highest BCUT2D eigenvalue weighted by molar-refractivity contribution is 5.98. The lowest BCUT2D eigenvalue weighted by Crippen LogP contribution is -2.33. The van der Waals surface area contributed by atoms with Gasteiger partial charge in [0.1, 0.15) is 11.4 Å². The Balaban J connectivity index is 2.12. The molecule has 0 saturated heterocycles. The third-order valence-corrected chi connectivity index (χ3v) is 3.16. The van der Waals surface area contributed by atoms with Gasteiger partial charge in [0.2, 0.25) is 0 Å². The summed E-state index contributed by atoms with van der Waals surface area (Å²) < 4.78 is 13.1. The average molecular weight is 266 g/mol. The lowest BCUT2D eigenvalue weighted by molar-refractivity contribution is -0.385. The normalized spacial score (nSPS) is 15.9. The molecule has 2 rings (SSSR count). The number of halogens is 1. The zero-order chi connectivity index (χ0) is 14.0. The van der Waals surface area contributed by atoms with E-state index in [9.17, 15) is 19.3 Å². The van der Waals surface area contributed by atoms with Crippen LogP contribution < -0.4 is 5.32 Å². The van der Waals surface area contributed by atoms with Gasteiger partial charge in [-0.2, -0.15) is 0 Å². The second-order valence-electron chi connectivity index (χ2n) is 4.97. The molecule has 5 nitrogen and oxygen atoms in total. The molecule has 1 fully saturated rings. The molecule has 1 aromatic rings. The molecule has 1 atom stereocenters. The van der Waals surface area contributed by atoms with Crippen LogP contribution in [0.4, 0.5) is 10.1 Å². The molecule has 1 aliphatic carbocycles. The molecular formula is C13H15FN2O3. The summed E-state index contributed by atoms with van der Waals surface area (Å²) in [4.78, 5) is 22.1. The maximum absolute atomic E-state index is 13.1. The number of nitro groups is 1. The quantitative estimate of drug-likeness (QED) is 0.657. The number of nitro benzene ring substituents is 1. The summed E-state index contributed by atoms with van der Waals surface area (Å²) in [6.07, 6.45) is 3.19. The molecule has 1 amide bonds. The molecule has 0 aliphatic heterocycles. The van der Waals surface area contributed by atoms with Gasteiger partial charge in [0.05, 0.1) is 4.92 Å². The number of hydrogen-bond acceptors (Lipinski definition) is 3. The largest absolute Gasteiger partial charge is 0.349 e. The Morgan fingerprint density at radius 2 is 2.26 bits per heavy atom. The van der Waals surface area contributed by atoms with Crippen molar-refractivity contribution in [2.45, 2.75) is 32.2 Å². The molecule has 1 saturated carbocycles. The molecular weight excluding hydrogens is 251 g/mol. The topological polar surface area (TPSA) is 72.2 Å². The van der Waals surface area contributed by atoms with E-state index in [0.717, 1.165) is 24.6 Å². The Morgan fingerprint density at radius 1 is 1.58 bits per heavy atom. The first-order valence-electron chi connectivity index (χ1n) is 6.22. The summed E-state index contributed by atoms with van der Waals surface area (Å²) in [5.74, 6) is -0.622. The maximum Gasteiger partial charge on any atom is 0.282 e. The van der Waals surface area contributed by atoms with Gasteiger partial charge in [0.25, 0.3) is 11.6 Å². The minimum atomic E-state index is -0.681. The van der Waals surface area contributed by atoms with E-state index in [0.29, 0.717) is 5.92 Å². The Hall–Kier alpha value is -1.98. The van der Waals surface area contributed by atoms with Crippen LogP contribution in [0.1, 0.15) is 36.5 Å². The zero-order valence-corrected chi connectivity index (χ0v) is 10.6. The summed E-state index contributed by atoms with van der Waals surface area (Å²) in [5.41, 5.74) is -0.606. The number of nitrogens with one attached hydrogen (secondary N) is 1. The maximum atomic E-state index is 13.1. The van der Waals surface area contributed by atoms with E-state index >= 15 is 0 Å². The minimum Gasteiger partial charge on any atom is -0.349 e. The number of benzene rings is 1. The van der Waals surface area contributed by atoms with Gasteiger partial charge in [0.15, 0.2) is 0 Å². The first-order valence-corrected chi connectivity index (χ1v) is 6.22. The van der Waals surface area contributed by atoms with Crippen molar-refractivity contribution in [3.63, 3.8) is 0 Å². The van der Waals surface area contributed by atoms with Crippen LogP contribution in [0.5, 0.6) is 0 Å². The number of rotatable bonds is 5. The second kappa shape index (κ2) is 5.34. The van der Waals surface area contributed by atoms with Gasteiger partial charge < -0.3 is 5.32 Å². The Labute approximate surface area is 110 Å². The van der Waals surface area contributed by atoms with Crippen molar-refractivity contribution in [2.24, 2.45) is 5.92 Å². The molecule has 19 heavy (non-hydrogen) atoms. The highest BCUT2D eigenvalue weighted by Gasteiger charge is 2.26. The first kappa shape index (κ1) is 13.5. The molecule has 0 spiro atoms. The average Bonchev–Trinajstić information content (AvgIpc) is 3.12. The summed E-state index contributed by atoms with van der Waals surface area (Å²) in [5, 5.41) is 13.5. The monoisotopic (exact) mass is 266 g/mol. The van der Waals surface area contributed by atoms with E-state index in [-0.39, 0.29) is 17.3 Å². The fourth-order valence-corrected chi connectivity index (χ4v) is 2.06. The summed E-state index contributed by atoms with van der Waals surface area (Å²) in [6.45, 7) is 1.85. The number of nitrogens with zero attached hydrogens (tertiary/aromatic N) is 1. The van der Waals surface area contributed by atoms with Gasteiger partial charge in [-0.1, -0.05) is 12.8 Å². The van der Waals surface area contributed by atoms with Crippen LogP contribution in [0.2, 0.25) is 0 Å². The molecule has 6 heteroatoms. The molecule has 1 N–H and O–H groups in total. The second-order valence-corrected chi connectivity index (χ2v) is 4.97. The minimum absolute atomic E-state index is 0.0668. The smallest absolute Gasteiger partial charge is 0.282 e. The molecule has 1 aromatic carbocycles. The summed E-state index contributed by atoms with van der Waals surface area (Å²) in [7, 11) is 0. The Morgan fingerprint density at radius 3 is 2.84 bits per heavy atom. The van der Waals surface area contributed by atoms with E-state index < -0.39 is 16.6 Å². The number of amides is 1. The lowest BCUT2D eigenvalue weighted by atomic mass is 10.1. The fraction of sp³-hybridized carbons (Fsp3) is 0.462. The van der Waals surface area contributed by atoms with Crippen molar-refractivity contribution in [1.82, 2.24) is 5.32 Å². The molecule has 0 radical (unpaired) electrons. The van der Waals surface area contributed by atoms with E-state index in [1.807, 2.05) is 6.92 Å². The van der Waals surface area contributed by atoms with Crippen molar-refractivity contribution in [3.05, 3.63) is 39.7 Å². The molecule has 0 heterocycles. The predicted octanol–water partition coefficient (Wildman–Crippen LogP) is 2.65. The van der Waals surface area contributed by atoms with Crippen LogP contribution in [0, 0.1) is 21.8 Å². The third kappa shape index (κ3) is 3.49. The van der Waals surface area contributed by atoms with Gasteiger partial charge >= 0.3 is 0 Å². The molecule has 0 bridgehead atoms. The van der Waals surface area contributed by atoms with Crippen molar-refractivity contribution < 1.29 is 14.1 Å². The van der Waals surface area contributed by atoms with Crippen LogP contribution in [0.25, 0.3) is 0 Å². The summed E-state index contributed by atoms with van der Waals surface area (Å²) >= 11 is 0. The van der Waals surface area contributed by atoms with Gasteiger partial charge in [-0.05, 0) is 31.4 Å². The van der Waals surface area contributed by atoms with Gasteiger partial charge in [-0.3, -0.25) is 14.9 Å². The number of carbonyl (C=O) groups is 1. The molecule has 0 aromatic heterocycles. The van der Waals surface area contributed by atoms with E-state index in [1.165, 1.54) is 12.8 Å². The molecule has 1 unspecified atom stereocenters. The van der Waals surface area contributed by atoms with Gasteiger partial charge in [-0.15, -0.1) is 0 Å². The van der Waals surface area contributed by atoms with E-state index in [2.05, 4.69) is 5.32 Å². The Kier molecular flexibility index (Phi) is 3.78. The van der Waals surface area contributed by atoms with E-state index in [1.54, 1.807) is 0 Å². The highest BCUT2D eigenvalue weighted by atomic mass is 19.1. The van der Waals surface area contributed by atoms with Gasteiger partial charge in [0, 0.05) is 12.1 Å². The Bertz CT molecular complexity index is 515. The van der Waals surface area contributed by atoms with Crippen molar-refractivity contribution in [3.8, 4) is 0 Å². The number of carbonyl (C=O) groups excluding carboxylic acids is 1. The van der Waals surface area contributed by atoms with Crippen LogP contribution in [0.15, 0.2) is 18.2 Å².